The number of benzene rings is 2. The maximum atomic E-state index is 12.5. The summed E-state index contributed by atoms with van der Waals surface area (Å²) >= 11 is 2.20. The first kappa shape index (κ1) is 18.2. The van der Waals surface area contributed by atoms with Crippen LogP contribution in [0.3, 0.4) is 0 Å². The van der Waals surface area contributed by atoms with E-state index in [1.807, 2.05) is 31.2 Å². The Morgan fingerprint density at radius 2 is 1.76 bits per heavy atom. The molecule has 1 saturated heterocycles. The topological polar surface area (TPSA) is 32.3 Å². The van der Waals surface area contributed by atoms with Gasteiger partial charge in [0.15, 0.2) is 0 Å². The number of nitrogens with zero attached hydrogens (tertiary/aromatic N) is 1. The zero-order valence-electron chi connectivity index (χ0n) is 14.8. The molecule has 25 heavy (non-hydrogen) atoms. The third kappa shape index (κ3) is 4.54. The highest BCUT2D eigenvalue weighted by molar-refractivity contribution is 14.1. The summed E-state index contributed by atoms with van der Waals surface area (Å²) < 4.78 is 0.972. The van der Waals surface area contributed by atoms with Crippen molar-refractivity contribution in [2.45, 2.75) is 32.7 Å². The van der Waals surface area contributed by atoms with E-state index in [-0.39, 0.29) is 11.9 Å². The van der Waals surface area contributed by atoms with Gasteiger partial charge in [-0.2, -0.15) is 0 Å². The first-order valence-electron chi connectivity index (χ1n) is 8.95. The Morgan fingerprint density at radius 3 is 2.40 bits per heavy atom. The Bertz CT molecular complexity index is 721. The van der Waals surface area contributed by atoms with E-state index in [1.165, 1.54) is 18.5 Å². The lowest BCUT2D eigenvalue weighted by Crippen LogP contribution is -2.32. The van der Waals surface area contributed by atoms with E-state index < -0.39 is 0 Å². The molecule has 0 radical (unpaired) electrons. The monoisotopic (exact) mass is 448 g/mol. The van der Waals surface area contributed by atoms with Gasteiger partial charge in [-0.15, -0.1) is 0 Å². The molecule has 0 aromatic heterocycles. The van der Waals surface area contributed by atoms with E-state index in [9.17, 15) is 4.79 Å². The molecule has 132 valence electrons. The number of nitrogens with one attached hydrogen (secondary N) is 1. The molecule has 3 rings (SSSR count). The number of piperidine rings is 1. The quantitative estimate of drug-likeness (QED) is 0.667. The normalized spacial score (nSPS) is 16.5. The second-order valence-electron chi connectivity index (χ2n) is 6.94. The minimum atomic E-state index is -0.0217. The lowest BCUT2D eigenvalue weighted by atomic mass is 9.98. The largest absolute Gasteiger partial charge is 0.372 e. The van der Waals surface area contributed by atoms with E-state index in [0.29, 0.717) is 0 Å². The van der Waals surface area contributed by atoms with E-state index >= 15 is 0 Å². The van der Waals surface area contributed by atoms with Crippen LogP contribution in [-0.4, -0.2) is 19.0 Å². The summed E-state index contributed by atoms with van der Waals surface area (Å²) in [6.07, 6.45) is 2.54. The molecule has 0 bridgehead atoms. The average molecular weight is 448 g/mol. The van der Waals surface area contributed by atoms with Crippen molar-refractivity contribution in [3.63, 3.8) is 0 Å². The molecule has 1 N–H and O–H groups in total. The molecular formula is C21H25IN2O. The summed E-state index contributed by atoms with van der Waals surface area (Å²) in [6, 6.07) is 16.3. The molecule has 0 saturated carbocycles. The van der Waals surface area contributed by atoms with Crippen LogP contribution < -0.4 is 10.2 Å². The summed E-state index contributed by atoms with van der Waals surface area (Å²) in [5, 5.41) is 3.10. The molecular weight excluding hydrogens is 423 g/mol. The number of hydrogen-bond donors (Lipinski definition) is 1. The van der Waals surface area contributed by atoms with Gasteiger partial charge in [-0.1, -0.05) is 31.2 Å². The van der Waals surface area contributed by atoms with Gasteiger partial charge in [0, 0.05) is 22.3 Å². The molecule has 4 heteroatoms. The van der Waals surface area contributed by atoms with Crippen molar-refractivity contribution in [2.24, 2.45) is 5.92 Å². The van der Waals surface area contributed by atoms with Crippen LogP contribution in [0.25, 0.3) is 0 Å². The van der Waals surface area contributed by atoms with Gasteiger partial charge in [0.05, 0.1) is 11.6 Å². The van der Waals surface area contributed by atoms with Crippen LogP contribution in [0.1, 0.15) is 48.7 Å². The lowest BCUT2D eigenvalue weighted by Gasteiger charge is -2.32. The number of halogens is 1. The van der Waals surface area contributed by atoms with Crippen molar-refractivity contribution in [3.05, 3.63) is 63.2 Å². The first-order valence-corrected chi connectivity index (χ1v) is 10.0. The Morgan fingerprint density at radius 1 is 1.12 bits per heavy atom. The van der Waals surface area contributed by atoms with Crippen LogP contribution in [0.4, 0.5) is 5.69 Å². The number of carbonyl (C=O) groups excluding carboxylic acids is 1. The molecule has 0 aliphatic carbocycles. The molecule has 2 aromatic carbocycles. The highest BCUT2D eigenvalue weighted by atomic mass is 127. The fraction of sp³-hybridized carbons (Fsp3) is 0.381. The molecule has 1 fully saturated rings. The van der Waals surface area contributed by atoms with Crippen LogP contribution in [-0.2, 0) is 0 Å². The molecule has 1 heterocycles. The SMILES string of the molecule is CC1CCN(c2ccc([C@@H](C)NC(=O)c3ccccc3I)cc2)CC1. The van der Waals surface area contributed by atoms with Gasteiger partial charge in [-0.25, -0.2) is 0 Å². The van der Waals surface area contributed by atoms with Crippen molar-refractivity contribution in [1.82, 2.24) is 5.32 Å². The number of carbonyl (C=O) groups is 1. The maximum Gasteiger partial charge on any atom is 0.252 e. The minimum absolute atomic E-state index is 0.0149. The van der Waals surface area contributed by atoms with Crippen molar-refractivity contribution < 1.29 is 4.79 Å². The van der Waals surface area contributed by atoms with Crippen LogP contribution >= 0.6 is 22.6 Å². The highest BCUT2D eigenvalue weighted by Gasteiger charge is 2.17. The van der Waals surface area contributed by atoms with Crippen molar-refractivity contribution >= 4 is 34.2 Å². The van der Waals surface area contributed by atoms with Gasteiger partial charge in [-0.05, 0) is 78.1 Å². The van der Waals surface area contributed by atoms with Crippen LogP contribution in [0.5, 0.6) is 0 Å². The summed E-state index contributed by atoms with van der Waals surface area (Å²) in [7, 11) is 0. The Labute approximate surface area is 164 Å². The third-order valence-electron chi connectivity index (χ3n) is 5.01. The minimum Gasteiger partial charge on any atom is -0.372 e. The van der Waals surface area contributed by atoms with Crippen molar-refractivity contribution in [1.29, 1.82) is 0 Å². The zero-order valence-corrected chi connectivity index (χ0v) is 17.0. The molecule has 1 aliphatic rings. The molecule has 1 atom stereocenters. The Balaban J connectivity index is 1.64. The van der Waals surface area contributed by atoms with Gasteiger partial charge < -0.3 is 10.2 Å². The van der Waals surface area contributed by atoms with Gasteiger partial charge >= 0.3 is 0 Å². The number of anilines is 1. The number of rotatable bonds is 4. The van der Waals surface area contributed by atoms with E-state index in [1.54, 1.807) is 0 Å². The fourth-order valence-electron chi connectivity index (χ4n) is 3.24. The fourth-order valence-corrected chi connectivity index (χ4v) is 3.88. The predicted molar refractivity (Wildman–Crippen MR) is 112 cm³/mol. The number of hydrogen-bond acceptors (Lipinski definition) is 2. The van der Waals surface area contributed by atoms with Gasteiger partial charge in [0.25, 0.3) is 5.91 Å². The molecule has 0 spiro atoms. The van der Waals surface area contributed by atoms with Gasteiger partial charge in [0.1, 0.15) is 0 Å². The molecule has 0 unspecified atom stereocenters. The summed E-state index contributed by atoms with van der Waals surface area (Å²) in [5.41, 5.74) is 3.15. The third-order valence-corrected chi connectivity index (χ3v) is 5.95. The van der Waals surface area contributed by atoms with E-state index in [2.05, 4.69) is 64.0 Å². The Hall–Kier alpha value is -1.56. The van der Waals surface area contributed by atoms with Gasteiger partial charge in [0.2, 0.25) is 0 Å². The summed E-state index contributed by atoms with van der Waals surface area (Å²) in [6.45, 7) is 6.64. The predicted octanol–water partition coefficient (Wildman–Crippen LogP) is 5.02. The number of amides is 1. The standard InChI is InChI=1S/C21H25IN2O/c1-15-11-13-24(14-12-15)18-9-7-17(8-10-18)16(2)23-21(25)19-5-3-4-6-20(19)22/h3-10,15-16H,11-14H2,1-2H3,(H,23,25)/t16-/m1/s1. The van der Waals surface area contributed by atoms with Crippen molar-refractivity contribution in [2.75, 3.05) is 18.0 Å². The van der Waals surface area contributed by atoms with Crippen LogP contribution in [0.15, 0.2) is 48.5 Å². The first-order chi connectivity index (χ1) is 12.0. The maximum absolute atomic E-state index is 12.5. The smallest absolute Gasteiger partial charge is 0.252 e. The summed E-state index contributed by atoms with van der Waals surface area (Å²) in [4.78, 5) is 14.9. The lowest BCUT2D eigenvalue weighted by molar-refractivity contribution is 0.0939. The van der Waals surface area contributed by atoms with E-state index in [0.717, 1.165) is 33.7 Å². The van der Waals surface area contributed by atoms with Gasteiger partial charge in [-0.3, -0.25) is 4.79 Å². The second-order valence-corrected chi connectivity index (χ2v) is 8.10. The Kier molecular flexibility index (Phi) is 5.99. The highest BCUT2D eigenvalue weighted by Crippen LogP contribution is 2.25. The zero-order chi connectivity index (χ0) is 17.8. The molecule has 3 nitrogen and oxygen atoms in total. The molecule has 1 aliphatic heterocycles. The molecule has 2 aromatic rings. The van der Waals surface area contributed by atoms with Crippen LogP contribution in [0.2, 0.25) is 0 Å². The second kappa shape index (κ2) is 8.21. The average Bonchev–Trinajstić information content (AvgIpc) is 2.63. The molecule has 1 amide bonds. The van der Waals surface area contributed by atoms with E-state index in [4.69, 9.17) is 0 Å². The van der Waals surface area contributed by atoms with Crippen LogP contribution in [0, 0.1) is 9.49 Å². The summed E-state index contributed by atoms with van der Waals surface area (Å²) in [5.74, 6) is 0.818. The van der Waals surface area contributed by atoms with Crippen molar-refractivity contribution in [3.8, 4) is 0 Å².